The maximum absolute atomic E-state index is 14.0. The first kappa shape index (κ1) is 23.9. The number of halogens is 1. The Hall–Kier alpha value is -3.85. The molecule has 0 radical (unpaired) electrons. The van der Waals surface area contributed by atoms with E-state index in [0.717, 1.165) is 29.7 Å². The maximum atomic E-state index is 14.0. The van der Waals surface area contributed by atoms with Crippen molar-refractivity contribution < 1.29 is 27.8 Å². The first-order valence-corrected chi connectivity index (χ1v) is 11.8. The van der Waals surface area contributed by atoms with Gasteiger partial charge in [0.1, 0.15) is 24.0 Å². The van der Waals surface area contributed by atoms with Crippen LogP contribution in [0.25, 0.3) is 22.4 Å². The summed E-state index contributed by atoms with van der Waals surface area (Å²) in [6.45, 7) is 1.45. The molecule has 1 aliphatic heterocycles. The zero-order valence-corrected chi connectivity index (χ0v) is 20.5. The molecule has 4 aromatic rings. The van der Waals surface area contributed by atoms with Crippen LogP contribution in [0.3, 0.4) is 0 Å². The van der Waals surface area contributed by atoms with Crippen molar-refractivity contribution in [2.75, 3.05) is 34.4 Å². The number of fused-ring (bicyclic) bond motifs is 1. The minimum atomic E-state index is -0.335. The van der Waals surface area contributed by atoms with Crippen LogP contribution in [0, 0.1) is 5.82 Å². The number of piperidine rings is 1. The number of methoxy groups -OCH3 is 3. The van der Waals surface area contributed by atoms with Crippen LogP contribution in [0.4, 0.5) is 4.39 Å². The van der Waals surface area contributed by atoms with Gasteiger partial charge in [0.25, 0.3) is 5.91 Å². The van der Waals surface area contributed by atoms with Gasteiger partial charge in [-0.3, -0.25) is 4.79 Å². The zero-order valence-electron chi connectivity index (χ0n) is 20.5. The molecule has 0 saturated carbocycles. The molecule has 1 fully saturated rings. The quantitative estimate of drug-likeness (QED) is 0.357. The van der Waals surface area contributed by atoms with Gasteiger partial charge in [-0.15, -0.1) is 0 Å². The number of aromatic nitrogens is 2. The van der Waals surface area contributed by atoms with Crippen molar-refractivity contribution in [3.63, 3.8) is 0 Å². The van der Waals surface area contributed by atoms with Gasteiger partial charge >= 0.3 is 0 Å². The fourth-order valence-electron chi connectivity index (χ4n) is 4.82. The van der Waals surface area contributed by atoms with E-state index in [1.54, 1.807) is 44.4 Å². The first-order chi connectivity index (χ1) is 17.5. The van der Waals surface area contributed by atoms with E-state index in [9.17, 15) is 9.18 Å². The third-order valence-electron chi connectivity index (χ3n) is 6.57. The van der Waals surface area contributed by atoms with Crippen LogP contribution < -0.4 is 9.47 Å². The second-order valence-corrected chi connectivity index (χ2v) is 8.73. The average Bonchev–Trinajstić information content (AvgIpc) is 3.52. The van der Waals surface area contributed by atoms with Gasteiger partial charge in [-0.2, -0.15) is 0 Å². The zero-order chi connectivity index (χ0) is 25.2. The molecule has 9 heteroatoms. The molecule has 1 saturated heterocycles. The van der Waals surface area contributed by atoms with E-state index < -0.39 is 0 Å². The molecule has 0 unspecified atom stereocenters. The number of furan rings is 1. The van der Waals surface area contributed by atoms with Gasteiger partial charge in [0.05, 0.1) is 25.3 Å². The molecule has 0 atom stereocenters. The lowest BCUT2D eigenvalue weighted by Gasteiger charge is -2.33. The molecule has 1 amide bonds. The summed E-state index contributed by atoms with van der Waals surface area (Å²) in [5.41, 5.74) is 2.27. The Labute approximate surface area is 208 Å². The van der Waals surface area contributed by atoms with Gasteiger partial charge in [0.2, 0.25) is 0 Å². The Morgan fingerprint density at radius 1 is 1.03 bits per heavy atom. The number of ether oxygens (including phenoxy) is 3. The van der Waals surface area contributed by atoms with E-state index in [4.69, 9.17) is 23.6 Å². The second kappa shape index (κ2) is 10.0. The summed E-state index contributed by atoms with van der Waals surface area (Å²) < 4.78 is 37.8. The van der Waals surface area contributed by atoms with Gasteiger partial charge in [0, 0.05) is 37.9 Å². The van der Waals surface area contributed by atoms with Crippen LogP contribution in [-0.4, -0.2) is 54.8 Å². The minimum Gasteiger partial charge on any atom is -0.493 e. The van der Waals surface area contributed by atoms with Gasteiger partial charge in [0.15, 0.2) is 17.3 Å². The number of amides is 1. The smallest absolute Gasteiger partial charge is 0.289 e. The van der Waals surface area contributed by atoms with Crippen LogP contribution in [0.15, 0.2) is 52.9 Å². The molecule has 36 heavy (non-hydrogen) atoms. The number of carbonyl (C=O) groups excluding carboxylic acids is 1. The van der Waals surface area contributed by atoms with Crippen molar-refractivity contribution >= 4 is 16.9 Å². The average molecular weight is 494 g/mol. The Morgan fingerprint density at radius 3 is 2.53 bits per heavy atom. The highest BCUT2D eigenvalue weighted by molar-refractivity contribution is 5.91. The lowest BCUT2D eigenvalue weighted by Crippen LogP contribution is -2.39. The lowest BCUT2D eigenvalue weighted by molar-refractivity contribution is 0.0657. The summed E-state index contributed by atoms with van der Waals surface area (Å²) in [5, 5.41) is 0. The molecule has 2 aromatic carbocycles. The fourth-order valence-corrected chi connectivity index (χ4v) is 4.82. The number of imidazole rings is 1. The third-order valence-corrected chi connectivity index (χ3v) is 6.57. The summed E-state index contributed by atoms with van der Waals surface area (Å²) in [6.07, 6.45) is 1.45. The van der Waals surface area contributed by atoms with Crippen LogP contribution in [0.2, 0.25) is 0 Å². The fraction of sp³-hybridized carbons (Fsp3) is 0.333. The largest absolute Gasteiger partial charge is 0.493 e. The Bertz CT molecular complexity index is 1390. The number of likely N-dealkylation sites (tertiary alicyclic amines) is 1. The van der Waals surface area contributed by atoms with Crippen molar-refractivity contribution in [3.8, 4) is 22.9 Å². The van der Waals surface area contributed by atoms with Gasteiger partial charge < -0.3 is 28.1 Å². The molecule has 0 spiro atoms. The highest BCUT2D eigenvalue weighted by atomic mass is 19.1. The second-order valence-electron chi connectivity index (χ2n) is 8.73. The lowest BCUT2D eigenvalue weighted by atomic mass is 10.0. The van der Waals surface area contributed by atoms with E-state index in [1.807, 2.05) is 18.2 Å². The number of carbonyl (C=O) groups is 1. The summed E-state index contributed by atoms with van der Waals surface area (Å²) in [4.78, 5) is 19.6. The first-order valence-electron chi connectivity index (χ1n) is 11.8. The Kier molecular flexibility index (Phi) is 6.65. The molecule has 8 nitrogen and oxygen atoms in total. The Morgan fingerprint density at radius 2 is 1.81 bits per heavy atom. The number of hydrogen-bond donors (Lipinski definition) is 0. The minimum absolute atomic E-state index is 0.0771. The van der Waals surface area contributed by atoms with Crippen molar-refractivity contribution in [3.05, 3.63) is 65.9 Å². The molecule has 0 aliphatic carbocycles. The van der Waals surface area contributed by atoms with Crippen molar-refractivity contribution in [2.24, 2.45) is 0 Å². The normalized spacial score (nSPS) is 14.4. The van der Waals surface area contributed by atoms with E-state index in [2.05, 4.69) is 4.57 Å². The van der Waals surface area contributed by atoms with E-state index in [1.165, 1.54) is 12.1 Å². The van der Waals surface area contributed by atoms with Crippen molar-refractivity contribution in [1.82, 2.24) is 14.5 Å². The molecule has 5 rings (SSSR count). The molecule has 2 aromatic heterocycles. The van der Waals surface area contributed by atoms with Crippen LogP contribution in [-0.2, 0) is 11.3 Å². The van der Waals surface area contributed by atoms with Gasteiger partial charge in [-0.1, -0.05) is 0 Å². The van der Waals surface area contributed by atoms with Crippen LogP contribution in [0.5, 0.6) is 11.5 Å². The van der Waals surface area contributed by atoms with Crippen LogP contribution >= 0.6 is 0 Å². The van der Waals surface area contributed by atoms with E-state index in [0.29, 0.717) is 48.2 Å². The highest BCUT2D eigenvalue weighted by Gasteiger charge is 2.29. The van der Waals surface area contributed by atoms with Crippen molar-refractivity contribution in [2.45, 2.75) is 25.5 Å². The molecular formula is C27H28FN3O5. The summed E-state index contributed by atoms with van der Waals surface area (Å²) in [6, 6.07) is 13.8. The Balaban J connectivity index is 1.44. The number of rotatable bonds is 7. The maximum Gasteiger partial charge on any atom is 0.289 e. The molecule has 1 aliphatic rings. The third kappa shape index (κ3) is 4.42. The summed E-state index contributed by atoms with van der Waals surface area (Å²) in [7, 11) is 4.76. The molecule has 188 valence electrons. The molecule has 0 N–H and O–H groups in total. The molecule has 0 bridgehead atoms. The standard InChI is InChI=1S/C27H28FN3O5/c1-33-16-20-6-9-24(36-20)27(32)30-12-10-19(11-13-30)31-22-7-5-18(28)15-21(22)29-26(31)17-4-8-23(34-2)25(14-17)35-3/h4-9,14-15,19H,10-13,16H2,1-3H3. The van der Waals surface area contributed by atoms with Crippen LogP contribution in [0.1, 0.15) is 35.2 Å². The van der Waals surface area contributed by atoms with Gasteiger partial charge in [-0.05, 0) is 55.3 Å². The topological polar surface area (TPSA) is 79.0 Å². The summed E-state index contributed by atoms with van der Waals surface area (Å²) in [5.74, 6) is 2.39. The number of nitrogens with zero attached hydrogens (tertiary/aromatic N) is 3. The molecule has 3 heterocycles. The summed E-state index contributed by atoms with van der Waals surface area (Å²) >= 11 is 0. The molecular weight excluding hydrogens is 465 g/mol. The highest BCUT2D eigenvalue weighted by Crippen LogP contribution is 2.37. The number of hydrogen-bond acceptors (Lipinski definition) is 6. The van der Waals surface area contributed by atoms with E-state index >= 15 is 0 Å². The SMILES string of the molecule is COCc1ccc(C(=O)N2CCC(n3c(-c4ccc(OC)c(OC)c4)nc4cc(F)ccc43)CC2)o1. The predicted molar refractivity (Wildman–Crippen MR) is 132 cm³/mol. The predicted octanol–water partition coefficient (Wildman–Crippen LogP) is 5.08. The number of benzene rings is 2. The van der Waals surface area contributed by atoms with Gasteiger partial charge in [-0.25, -0.2) is 9.37 Å². The van der Waals surface area contributed by atoms with E-state index in [-0.39, 0.29) is 17.8 Å². The monoisotopic (exact) mass is 493 g/mol. The van der Waals surface area contributed by atoms with Crippen molar-refractivity contribution in [1.29, 1.82) is 0 Å².